The largest absolute Gasteiger partial charge is 0.466 e. The lowest BCUT2D eigenvalue weighted by molar-refractivity contribution is -0.297. The van der Waals surface area contributed by atoms with Gasteiger partial charge in [-0.25, -0.2) is 14.4 Å². The van der Waals surface area contributed by atoms with Crippen LogP contribution in [0.1, 0.15) is 137 Å². The van der Waals surface area contributed by atoms with Gasteiger partial charge in [-0.1, -0.05) is 41.2 Å². The van der Waals surface area contributed by atoms with E-state index in [1.165, 1.54) is 4.90 Å². The molecule has 13 atom stereocenters. The summed E-state index contributed by atoms with van der Waals surface area (Å²) in [6.07, 6.45) is -3.60. The van der Waals surface area contributed by atoms with E-state index in [0.717, 1.165) is 0 Å². The fourth-order valence-corrected chi connectivity index (χ4v) is 10.0. The van der Waals surface area contributed by atoms with Gasteiger partial charge in [0, 0.05) is 41.4 Å². The van der Waals surface area contributed by atoms with Crippen molar-refractivity contribution in [2.75, 3.05) is 51.9 Å². The van der Waals surface area contributed by atoms with E-state index in [4.69, 9.17) is 37.3 Å². The van der Waals surface area contributed by atoms with Gasteiger partial charge in [0.1, 0.15) is 52.6 Å². The molecule has 3 aliphatic heterocycles. The zero-order valence-corrected chi connectivity index (χ0v) is 50.0. The Hall–Kier alpha value is -3.61. The van der Waals surface area contributed by atoms with E-state index in [-0.39, 0.29) is 61.9 Å². The molecule has 1 saturated carbocycles. The van der Waals surface area contributed by atoms with Gasteiger partial charge in [0.25, 0.3) is 0 Å². The smallest absolute Gasteiger partial charge is 0.410 e. The minimum absolute atomic E-state index is 0.0193. The fraction of sp³-hybridized carbons (Fsp3) is 0.852. The molecule has 0 aromatic heterocycles. The number of nitrogens with one attached hydrogen (secondary N) is 5. The molecule has 4 unspecified atom stereocenters. The number of nitrogens with zero attached hydrogens (tertiary/aromatic N) is 1. The lowest BCUT2D eigenvalue weighted by Gasteiger charge is -2.49. The summed E-state index contributed by atoms with van der Waals surface area (Å²) < 4.78 is 49.6. The van der Waals surface area contributed by atoms with E-state index in [2.05, 4.69) is 66.4 Å². The van der Waals surface area contributed by atoms with Gasteiger partial charge in [-0.05, 0) is 120 Å². The van der Waals surface area contributed by atoms with Crippen molar-refractivity contribution in [3.8, 4) is 0 Å². The molecule has 3 heterocycles. The molecular weight excluding hydrogens is 1000 g/mol. The van der Waals surface area contributed by atoms with Crippen LogP contribution in [0.3, 0.4) is 0 Å². The summed E-state index contributed by atoms with van der Waals surface area (Å²) >= 11 is 0. The molecule has 2 saturated heterocycles. The molecule has 4 rings (SSSR count). The quantitative estimate of drug-likeness (QED) is 0.0494. The number of esters is 1. The van der Waals surface area contributed by atoms with E-state index in [0.29, 0.717) is 18.9 Å². The number of amides is 4. The monoisotopic (exact) mass is 1100 g/mol. The van der Waals surface area contributed by atoms with Crippen LogP contribution >= 0.6 is 10.3 Å². The number of hydrogen-bond donors (Lipinski definition) is 8. The van der Waals surface area contributed by atoms with Gasteiger partial charge in [0.15, 0.2) is 6.29 Å². The predicted molar refractivity (Wildman–Crippen MR) is 291 cm³/mol. The van der Waals surface area contributed by atoms with Gasteiger partial charge < -0.3 is 84.1 Å². The lowest BCUT2D eigenvalue weighted by atomic mass is 9.77. The highest BCUT2D eigenvalue weighted by atomic mass is 32.3. The Morgan fingerprint density at radius 2 is 1.41 bits per heavy atom. The highest BCUT2D eigenvalue weighted by molar-refractivity contribution is 8.29. The van der Waals surface area contributed by atoms with Gasteiger partial charge in [0.2, 0.25) is 6.29 Å². The van der Waals surface area contributed by atoms with Crippen LogP contribution in [0.15, 0.2) is 24.1 Å². The lowest BCUT2D eigenvalue weighted by Crippen LogP contribution is -2.68. The number of carbonyl (C=O) groups excluding carboxylic acids is 4. The maximum absolute atomic E-state index is 13.8. The number of alkyl carbamates (subject to hydrolysis) is 1. The number of urea groups is 1. The van der Waals surface area contributed by atoms with Gasteiger partial charge in [-0.3, -0.25) is 4.79 Å². The third-order valence-corrected chi connectivity index (χ3v) is 17.4. The zero-order chi connectivity index (χ0) is 57.7. The zero-order valence-electron chi connectivity index (χ0n) is 49.2. The Kier molecular flexibility index (Phi) is 21.6. The maximum atomic E-state index is 13.8. The van der Waals surface area contributed by atoms with Crippen molar-refractivity contribution >= 4 is 34.5 Å². The highest BCUT2D eigenvalue weighted by Crippen LogP contribution is 2.53. The second kappa shape index (κ2) is 25.2. The van der Waals surface area contributed by atoms with Gasteiger partial charge in [0.05, 0.1) is 50.3 Å². The van der Waals surface area contributed by atoms with Crippen LogP contribution in [0.4, 0.5) is 14.4 Å². The fourth-order valence-electron chi connectivity index (χ4n) is 9.19. The molecular formula is C54H98N6O15S. The van der Waals surface area contributed by atoms with Crippen molar-refractivity contribution in [1.29, 1.82) is 0 Å². The minimum Gasteiger partial charge on any atom is -0.466 e. The Balaban J connectivity index is 1.76. The van der Waals surface area contributed by atoms with Crippen LogP contribution in [-0.4, -0.2) is 184 Å². The summed E-state index contributed by atoms with van der Waals surface area (Å²) in [5.41, 5.74) is -4.72. The van der Waals surface area contributed by atoms with Crippen molar-refractivity contribution in [3.05, 3.63) is 24.1 Å². The molecule has 0 aromatic rings. The second-order valence-corrected chi connectivity index (χ2v) is 30.3. The Labute approximate surface area is 454 Å². The first-order valence-corrected chi connectivity index (χ1v) is 29.2. The maximum Gasteiger partial charge on any atom is 0.410 e. The van der Waals surface area contributed by atoms with E-state index in [9.17, 15) is 34.5 Å². The Morgan fingerprint density at radius 1 is 0.829 bits per heavy atom. The number of ether oxygens (including phenoxy) is 7. The van der Waals surface area contributed by atoms with Gasteiger partial charge in [-0.2, -0.15) is 0 Å². The van der Waals surface area contributed by atoms with Crippen LogP contribution in [0, 0.1) is 17.8 Å². The number of hydrogen-bond acceptors (Lipinski definition) is 17. The van der Waals surface area contributed by atoms with Crippen LogP contribution in [0.2, 0.25) is 0 Å². The molecule has 0 spiro atoms. The van der Waals surface area contributed by atoms with Gasteiger partial charge in [-0.15, -0.1) is 10.3 Å². The van der Waals surface area contributed by atoms with Crippen molar-refractivity contribution in [3.63, 3.8) is 0 Å². The second-order valence-electron chi connectivity index (χ2n) is 26.4. The molecule has 440 valence electrons. The van der Waals surface area contributed by atoms with Crippen LogP contribution < -0.4 is 26.6 Å². The van der Waals surface area contributed by atoms with Crippen molar-refractivity contribution < 1.29 is 71.8 Å². The number of carbonyl (C=O) groups is 4. The molecule has 8 N–H and O–H groups in total. The first kappa shape index (κ1) is 64.9. The summed E-state index contributed by atoms with van der Waals surface area (Å²) in [5, 5.41) is 52.7. The number of β-amino-alcohol motifs (C(OH)–C–C–N with tert-alkyl or cyclic N) is 1. The summed E-state index contributed by atoms with van der Waals surface area (Å²) in [7, 11) is -1.36. The first-order valence-electron chi connectivity index (χ1n) is 26.8. The molecule has 22 heteroatoms. The summed E-state index contributed by atoms with van der Waals surface area (Å²) in [4.78, 5) is 55.4. The summed E-state index contributed by atoms with van der Waals surface area (Å²) in [5.74, 6) is -1.84. The number of aliphatic hydroxyl groups excluding tert-OH is 2. The summed E-state index contributed by atoms with van der Waals surface area (Å²) in [6.45, 7) is 36.7. The molecule has 0 radical (unpaired) electrons. The Morgan fingerprint density at radius 3 is 1.97 bits per heavy atom. The Bertz CT molecular complexity index is 2030. The van der Waals surface area contributed by atoms with Crippen molar-refractivity contribution in [2.45, 2.75) is 225 Å². The van der Waals surface area contributed by atoms with Crippen LogP contribution in [0.25, 0.3) is 0 Å². The third-order valence-electron chi connectivity index (χ3n) is 13.7. The average molecular weight is 1100 g/mol. The topological polar surface area (TPSA) is 266 Å². The average Bonchev–Trinajstić information content (AvgIpc) is 3.65. The molecule has 21 nitrogen and oxygen atoms in total. The summed E-state index contributed by atoms with van der Waals surface area (Å²) in [6, 6.07) is -3.43. The standard InChI is InChI=1S/C54H98N6O15S/c1-31-29-68-45(39(61)38(31)32(2)43(63)73-50(7,8)9)72-41-36(56-33(3)54(67)23-25-60(30-54)48(66)75-52(13,14)15)27-37(58-47(65)74-51(10,11)12)42(40(41)62)71-44-35(57-46(64)59-49(4,5)6)22-21-34(70-44)28-55-24-26-69-76(19,20)53(16,17)18/h21,31-32,35-42,44-45,55-56,61-62,67H,3,22-30H2,1-2,4-20H3,(H,58,65)(H2,57,59,64)/t31-,32?,35-,36-,37?,38-,39-,40-,41+,42-,44-,45?,54?/m1/s1. The molecule has 4 aliphatic rings. The normalized spacial score (nSPS) is 30.5. The number of aliphatic hydroxyl groups is 3. The van der Waals surface area contributed by atoms with E-state index >= 15 is 0 Å². The van der Waals surface area contributed by atoms with Crippen molar-refractivity contribution in [2.24, 2.45) is 17.8 Å². The van der Waals surface area contributed by atoms with E-state index in [1.54, 1.807) is 69.2 Å². The molecule has 0 aromatic carbocycles. The first-order chi connectivity index (χ1) is 34.6. The molecule has 3 fully saturated rings. The predicted octanol–water partition coefficient (Wildman–Crippen LogP) is 5.69. The molecule has 1 aliphatic carbocycles. The molecule has 76 heavy (non-hydrogen) atoms. The molecule has 0 bridgehead atoms. The van der Waals surface area contributed by atoms with E-state index in [1.807, 2.05) is 33.8 Å². The van der Waals surface area contributed by atoms with Crippen LogP contribution in [-0.2, 0) is 42.1 Å². The third kappa shape index (κ3) is 19.0. The van der Waals surface area contributed by atoms with E-state index < -0.39 is 129 Å². The number of rotatable bonds is 17. The van der Waals surface area contributed by atoms with Gasteiger partial charge >= 0.3 is 24.2 Å². The number of likely N-dealkylation sites (tertiary alicyclic amines) is 1. The molecule has 4 amide bonds. The highest BCUT2D eigenvalue weighted by Gasteiger charge is 2.54. The minimum atomic E-state index is -1.70. The SMILES string of the molecule is C=C(N[C@@H]1CC(NC(=O)OC(C)(C)C)[C@@H](O[C@H]2OC(CNCCOS(C)(C)C(C)(C)C)=CC[C@H]2NC(=O)NC(C)(C)C)[C@H](O)[C@H]1OC1OC[C@@H](C)[C@H](C(C)C(=O)OC(C)(C)C)[C@H]1O)C1(O)CCN(C(=O)OC(C)(C)C)C1. The van der Waals surface area contributed by atoms with Crippen molar-refractivity contribution in [1.82, 2.24) is 31.5 Å². The van der Waals surface area contributed by atoms with Crippen LogP contribution in [0.5, 0.6) is 0 Å².